The van der Waals surface area contributed by atoms with Gasteiger partial charge in [-0.1, -0.05) is 44.5 Å². The SMILES string of the molecule is CCN(CC)CCON=C1CC[C@H]2[C@@H]3CC=C4C[C@@H](O)CC[C@]4(C)[C@H]3CC[C@]12C. The number of oxime groups is 1. The maximum Gasteiger partial charge on any atom is 0.129 e. The molecule has 0 unspecified atom stereocenters. The third-order valence-corrected chi connectivity index (χ3v) is 9.39. The van der Waals surface area contributed by atoms with Crippen molar-refractivity contribution in [3.8, 4) is 0 Å². The van der Waals surface area contributed by atoms with Gasteiger partial charge in [0.1, 0.15) is 6.61 Å². The summed E-state index contributed by atoms with van der Waals surface area (Å²) in [6.45, 7) is 13.2. The summed E-state index contributed by atoms with van der Waals surface area (Å²) in [5.41, 5.74) is 3.45. The van der Waals surface area contributed by atoms with Crippen molar-refractivity contribution in [3.05, 3.63) is 11.6 Å². The second-order valence-electron chi connectivity index (χ2n) is 10.5. The van der Waals surface area contributed by atoms with Crippen LogP contribution in [0.15, 0.2) is 16.8 Å². The predicted molar refractivity (Wildman–Crippen MR) is 119 cm³/mol. The molecule has 4 aliphatic rings. The van der Waals surface area contributed by atoms with E-state index in [1.54, 1.807) is 5.57 Å². The highest BCUT2D eigenvalue weighted by Gasteiger charge is 2.58. The number of likely N-dealkylation sites (N-methyl/N-ethyl adjacent to an activating group) is 1. The fourth-order valence-corrected chi connectivity index (χ4v) is 7.41. The fourth-order valence-electron chi connectivity index (χ4n) is 7.41. The Morgan fingerprint density at radius 3 is 2.59 bits per heavy atom. The molecule has 3 saturated carbocycles. The molecule has 0 heterocycles. The summed E-state index contributed by atoms with van der Waals surface area (Å²) < 4.78 is 0. The van der Waals surface area contributed by atoms with Gasteiger partial charge in [-0.3, -0.25) is 0 Å². The number of aliphatic hydroxyl groups excluding tert-OH is 1. The lowest BCUT2D eigenvalue weighted by atomic mass is 9.48. The molecule has 4 rings (SSSR count). The van der Waals surface area contributed by atoms with E-state index in [0.717, 1.165) is 56.7 Å². The average Bonchev–Trinajstić information content (AvgIpc) is 3.05. The number of allylic oxidation sites excluding steroid dienone is 1. The van der Waals surface area contributed by atoms with Crippen molar-refractivity contribution in [2.24, 2.45) is 33.7 Å². The van der Waals surface area contributed by atoms with Crippen LogP contribution in [0.2, 0.25) is 0 Å². The summed E-state index contributed by atoms with van der Waals surface area (Å²) >= 11 is 0. The quantitative estimate of drug-likeness (QED) is 0.385. The lowest BCUT2D eigenvalue weighted by molar-refractivity contribution is -0.0217. The van der Waals surface area contributed by atoms with E-state index >= 15 is 0 Å². The summed E-state index contributed by atoms with van der Waals surface area (Å²) in [5.74, 6) is 2.31. The van der Waals surface area contributed by atoms with Gasteiger partial charge < -0.3 is 14.8 Å². The Balaban J connectivity index is 1.45. The number of fused-ring (bicyclic) bond motifs is 5. The maximum atomic E-state index is 10.2. The van der Waals surface area contributed by atoms with Crippen molar-refractivity contribution in [1.82, 2.24) is 4.90 Å². The van der Waals surface area contributed by atoms with E-state index in [9.17, 15) is 5.11 Å². The smallest absolute Gasteiger partial charge is 0.129 e. The topological polar surface area (TPSA) is 45.1 Å². The highest BCUT2D eigenvalue weighted by atomic mass is 16.6. The Bertz CT molecular complexity index is 655. The van der Waals surface area contributed by atoms with E-state index in [4.69, 9.17) is 9.99 Å². The minimum Gasteiger partial charge on any atom is -0.394 e. The highest BCUT2D eigenvalue weighted by Crippen LogP contribution is 2.64. The van der Waals surface area contributed by atoms with E-state index in [1.165, 1.54) is 37.8 Å². The third-order valence-electron chi connectivity index (χ3n) is 9.39. The number of nitrogens with zero attached hydrogens (tertiary/aromatic N) is 2. The molecule has 4 heteroatoms. The Labute approximate surface area is 177 Å². The van der Waals surface area contributed by atoms with Gasteiger partial charge in [0.15, 0.2) is 0 Å². The molecule has 4 nitrogen and oxygen atoms in total. The van der Waals surface area contributed by atoms with Crippen LogP contribution in [0.1, 0.15) is 79.1 Å². The van der Waals surface area contributed by atoms with Crippen LogP contribution in [0.25, 0.3) is 0 Å². The molecule has 0 aromatic heterocycles. The molecule has 0 saturated heterocycles. The van der Waals surface area contributed by atoms with Gasteiger partial charge in [0, 0.05) is 12.0 Å². The molecular formula is C25H42N2O2. The lowest BCUT2D eigenvalue weighted by Gasteiger charge is -2.57. The van der Waals surface area contributed by atoms with E-state index in [0.29, 0.717) is 12.0 Å². The van der Waals surface area contributed by atoms with Crippen LogP contribution in [0.4, 0.5) is 0 Å². The van der Waals surface area contributed by atoms with Crippen molar-refractivity contribution in [3.63, 3.8) is 0 Å². The van der Waals surface area contributed by atoms with E-state index in [1.807, 2.05) is 0 Å². The van der Waals surface area contributed by atoms with Crippen molar-refractivity contribution >= 4 is 5.71 Å². The maximum absolute atomic E-state index is 10.2. The van der Waals surface area contributed by atoms with Crippen LogP contribution >= 0.6 is 0 Å². The third kappa shape index (κ3) is 3.69. The zero-order valence-electron chi connectivity index (χ0n) is 19.1. The average molecular weight is 403 g/mol. The second-order valence-corrected chi connectivity index (χ2v) is 10.5. The standard InChI is InChI=1S/C25H42N2O2/c1-5-27(6-2)15-16-29-26-23-10-9-21-20-8-7-18-17-19(28)11-13-24(18,3)22(20)12-14-25(21,23)4/h7,19-22,28H,5-6,8-17H2,1-4H3/t19-,20-,21-,22-,24-,25-/m0/s1. The minimum atomic E-state index is -0.113. The zero-order chi connectivity index (χ0) is 20.6. The molecule has 3 fully saturated rings. The van der Waals surface area contributed by atoms with Crippen LogP contribution < -0.4 is 0 Å². The second kappa shape index (κ2) is 8.34. The van der Waals surface area contributed by atoms with Crippen LogP contribution in [0.5, 0.6) is 0 Å². The van der Waals surface area contributed by atoms with Crippen LogP contribution in [0, 0.1) is 28.6 Å². The van der Waals surface area contributed by atoms with Gasteiger partial charge in [0.2, 0.25) is 0 Å². The summed E-state index contributed by atoms with van der Waals surface area (Å²) in [5, 5.41) is 14.9. The van der Waals surface area contributed by atoms with Gasteiger partial charge in [0.25, 0.3) is 0 Å². The molecule has 0 aromatic rings. The molecule has 0 bridgehead atoms. The molecule has 0 radical (unpaired) electrons. The van der Waals surface area contributed by atoms with Gasteiger partial charge in [-0.15, -0.1) is 0 Å². The normalized spacial score (nSPS) is 43.0. The van der Waals surface area contributed by atoms with E-state index in [-0.39, 0.29) is 11.5 Å². The summed E-state index contributed by atoms with van der Waals surface area (Å²) in [6.07, 6.45) is 11.6. The predicted octanol–water partition coefficient (Wildman–Crippen LogP) is 5.02. The molecule has 4 aliphatic carbocycles. The first-order chi connectivity index (χ1) is 13.9. The molecule has 0 amide bonds. The molecular weight excluding hydrogens is 360 g/mol. The Morgan fingerprint density at radius 1 is 1.10 bits per heavy atom. The summed E-state index contributed by atoms with van der Waals surface area (Å²) in [4.78, 5) is 8.21. The Morgan fingerprint density at radius 2 is 1.83 bits per heavy atom. The Kier molecular flexibility index (Phi) is 6.14. The lowest BCUT2D eigenvalue weighted by Crippen LogP contribution is -2.50. The van der Waals surface area contributed by atoms with Crippen LogP contribution in [0.3, 0.4) is 0 Å². The van der Waals surface area contributed by atoms with E-state index < -0.39 is 0 Å². The van der Waals surface area contributed by atoms with Crippen molar-refractivity contribution in [2.75, 3.05) is 26.2 Å². The summed E-state index contributed by atoms with van der Waals surface area (Å²) in [6, 6.07) is 0. The largest absolute Gasteiger partial charge is 0.394 e. The molecule has 1 N–H and O–H groups in total. The molecule has 164 valence electrons. The van der Waals surface area contributed by atoms with Gasteiger partial charge in [-0.2, -0.15) is 0 Å². The Hall–Kier alpha value is -0.870. The molecule has 0 spiro atoms. The van der Waals surface area contributed by atoms with Crippen molar-refractivity contribution in [1.29, 1.82) is 0 Å². The molecule has 6 atom stereocenters. The minimum absolute atomic E-state index is 0.113. The van der Waals surface area contributed by atoms with Crippen LogP contribution in [-0.4, -0.2) is 48.1 Å². The number of rotatable bonds is 6. The number of hydrogen-bond donors (Lipinski definition) is 1. The van der Waals surface area contributed by atoms with Crippen LogP contribution in [-0.2, 0) is 4.84 Å². The molecule has 29 heavy (non-hydrogen) atoms. The monoisotopic (exact) mass is 402 g/mol. The van der Waals surface area contributed by atoms with Crippen molar-refractivity contribution < 1.29 is 9.94 Å². The first-order valence-electron chi connectivity index (χ1n) is 12.2. The fraction of sp³-hybridized carbons (Fsp3) is 0.880. The van der Waals surface area contributed by atoms with Crippen molar-refractivity contribution in [2.45, 2.75) is 85.2 Å². The van der Waals surface area contributed by atoms with Gasteiger partial charge in [0.05, 0.1) is 11.8 Å². The number of hydrogen-bond acceptors (Lipinski definition) is 4. The first kappa shape index (κ1) is 21.4. The summed E-state index contributed by atoms with van der Waals surface area (Å²) in [7, 11) is 0. The van der Waals surface area contributed by atoms with E-state index in [2.05, 4.69) is 38.7 Å². The number of aliphatic hydroxyl groups is 1. The van der Waals surface area contributed by atoms with Gasteiger partial charge in [-0.05, 0) is 87.6 Å². The molecule has 0 aromatic carbocycles. The highest BCUT2D eigenvalue weighted by molar-refractivity contribution is 5.92. The van der Waals surface area contributed by atoms with Gasteiger partial charge >= 0.3 is 0 Å². The first-order valence-corrected chi connectivity index (χ1v) is 12.2. The zero-order valence-corrected chi connectivity index (χ0v) is 19.1. The molecule has 0 aliphatic heterocycles. The van der Waals surface area contributed by atoms with Gasteiger partial charge in [-0.25, -0.2) is 0 Å².